The minimum atomic E-state index is -0.0637. The Morgan fingerprint density at radius 3 is 2.33 bits per heavy atom. The SMILES string of the molecule is CC(CCCCCC=O)OC(=O)CCCCCC(C)(C)C. The van der Waals surface area contributed by atoms with Gasteiger partial charge in [-0.2, -0.15) is 0 Å². The first kappa shape index (κ1) is 20.1. The fraction of sp³-hybridized carbons (Fsp3) is 0.889. The molecule has 0 aromatic heterocycles. The Labute approximate surface area is 130 Å². The van der Waals surface area contributed by atoms with E-state index in [2.05, 4.69) is 20.8 Å². The number of carbonyl (C=O) groups excluding carboxylic acids is 2. The molecule has 0 amide bonds. The average molecular weight is 298 g/mol. The lowest BCUT2D eigenvalue weighted by Crippen LogP contribution is -2.14. The monoisotopic (exact) mass is 298 g/mol. The first-order valence-electron chi connectivity index (χ1n) is 8.48. The van der Waals surface area contributed by atoms with E-state index in [0.29, 0.717) is 18.3 Å². The molecule has 21 heavy (non-hydrogen) atoms. The number of rotatable bonds is 12. The molecule has 3 heteroatoms. The summed E-state index contributed by atoms with van der Waals surface area (Å²) in [6.07, 6.45) is 10.5. The van der Waals surface area contributed by atoms with Gasteiger partial charge in [0, 0.05) is 12.8 Å². The van der Waals surface area contributed by atoms with Gasteiger partial charge in [-0.05, 0) is 44.4 Å². The van der Waals surface area contributed by atoms with Crippen molar-refractivity contribution in [2.75, 3.05) is 0 Å². The molecular weight excluding hydrogens is 264 g/mol. The largest absolute Gasteiger partial charge is 0.463 e. The van der Waals surface area contributed by atoms with E-state index in [-0.39, 0.29) is 12.1 Å². The van der Waals surface area contributed by atoms with E-state index in [4.69, 9.17) is 4.74 Å². The van der Waals surface area contributed by atoms with E-state index in [1.165, 1.54) is 12.8 Å². The Morgan fingerprint density at radius 1 is 1.05 bits per heavy atom. The second kappa shape index (κ2) is 11.8. The summed E-state index contributed by atoms with van der Waals surface area (Å²) in [5, 5.41) is 0. The molecule has 1 unspecified atom stereocenters. The van der Waals surface area contributed by atoms with Crippen LogP contribution in [0.25, 0.3) is 0 Å². The van der Waals surface area contributed by atoms with Gasteiger partial charge >= 0.3 is 5.97 Å². The zero-order valence-corrected chi connectivity index (χ0v) is 14.5. The fourth-order valence-electron chi connectivity index (χ4n) is 2.28. The third-order valence-electron chi connectivity index (χ3n) is 3.57. The summed E-state index contributed by atoms with van der Waals surface area (Å²) in [5.41, 5.74) is 0.388. The van der Waals surface area contributed by atoms with E-state index < -0.39 is 0 Å². The zero-order valence-electron chi connectivity index (χ0n) is 14.5. The fourth-order valence-corrected chi connectivity index (χ4v) is 2.28. The summed E-state index contributed by atoms with van der Waals surface area (Å²) in [4.78, 5) is 21.9. The maximum atomic E-state index is 11.7. The van der Waals surface area contributed by atoms with Gasteiger partial charge in [-0.25, -0.2) is 0 Å². The highest BCUT2D eigenvalue weighted by Crippen LogP contribution is 2.22. The van der Waals surface area contributed by atoms with Crippen molar-refractivity contribution in [3.8, 4) is 0 Å². The van der Waals surface area contributed by atoms with Crippen molar-refractivity contribution in [1.29, 1.82) is 0 Å². The van der Waals surface area contributed by atoms with Gasteiger partial charge in [-0.3, -0.25) is 4.79 Å². The highest BCUT2D eigenvalue weighted by atomic mass is 16.5. The highest BCUT2D eigenvalue weighted by molar-refractivity contribution is 5.69. The number of hydrogen-bond acceptors (Lipinski definition) is 3. The van der Waals surface area contributed by atoms with Crippen LogP contribution in [0.5, 0.6) is 0 Å². The molecule has 0 aromatic carbocycles. The topological polar surface area (TPSA) is 43.4 Å². The van der Waals surface area contributed by atoms with Gasteiger partial charge in [0.05, 0.1) is 6.10 Å². The van der Waals surface area contributed by atoms with Crippen LogP contribution < -0.4 is 0 Å². The molecule has 0 heterocycles. The summed E-state index contributed by atoms with van der Waals surface area (Å²) >= 11 is 0. The molecule has 0 bridgehead atoms. The molecule has 0 aromatic rings. The molecule has 0 fully saturated rings. The smallest absolute Gasteiger partial charge is 0.306 e. The Morgan fingerprint density at radius 2 is 1.71 bits per heavy atom. The van der Waals surface area contributed by atoms with E-state index in [0.717, 1.165) is 44.8 Å². The minimum Gasteiger partial charge on any atom is -0.463 e. The molecular formula is C18H34O3. The Bertz CT molecular complexity index is 279. The molecule has 0 radical (unpaired) electrons. The first-order chi connectivity index (χ1) is 9.85. The van der Waals surface area contributed by atoms with Crippen LogP contribution in [0.15, 0.2) is 0 Å². The zero-order chi connectivity index (χ0) is 16.1. The normalized spacial score (nSPS) is 13.0. The molecule has 1 atom stereocenters. The van der Waals surface area contributed by atoms with Crippen molar-refractivity contribution < 1.29 is 14.3 Å². The van der Waals surface area contributed by atoms with Crippen molar-refractivity contribution >= 4 is 12.3 Å². The molecule has 0 aliphatic carbocycles. The Balaban J connectivity index is 3.49. The number of esters is 1. The number of carbonyl (C=O) groups is 2. The third kappa shape index (κ3) is 15.3. The predicted octanol–water partition coefficient (Wildman–Crippen LogP) is 5.06. The summed E-state index contributed by atoms with van der Waals surface area (Å²) in [6, 6.07) is 0. The highest BCUT2D eigenvalue weighted by Gasteiger charge is 2.11. The molecule has 0 rings (SSSR count). The minimum absolute atomic E-state index is 0.00306. The Hall–Kier alpha value is -0.860. The molecule has 124 valence electrons. The van der Waals surface area contributed by atoms with Crippen molar-refractivity contribution in [2.24, 2.45) is 5.41 Å². The third-order valence-corrected chi connectivity index (χ3v) is 3.57. The number of hydrogen-bond donors (Lipinski definition) is 0. The summed E-state index contributed by atoms with van der Waals surface area (Å²) < 4.78 is 5.40. The van der Waals surface area contributed by atoms with Crippen LogP contribution in [0, 0.1) is 5.41 Å². The van der Waals surface area contributed by atoms with Crippen LogP contribution in [0.2, 0.25) is 0 Å². The van der Waals surface area contributed by atoms with Crippen LogP contribution >= 0.6 is 0 Å². The van der Waals surface area contributed by atoms with Crippen molar-refractivity contribution in [3.05, 3.63) is 0 Å². The second-order valence-corrected chi connectivity index (χ2v) is 7.23. The van der Waals surface area contributed by atoms with Gasteiger partial charge in [0.1, 0.15) is 6.29 Å². The predicted molar refractivity (Wildman–Crippen MR) is 87.2 cm³/mol. The standard InChI is InChI=1S/C18H34O3/c1-16(12-8-5-6-11-15-19)21-17(20)13-9-7-10-14-18(2,3)4/h15-16H,5-14H2,1-4H3. The molecule has 0 aliphatic rings. The molecule has 0 saturated heterocycles. The van der Waals surface area contributed by atoms with Crippen LogP contribution in [-0.2, 0) is 14.3 Å². The van der Waals surface area contributed by atoms with Crippen molar-refractivity contribution in [2.45, 2.75) is 98.0 Å². The van der Waals surface area contributed by atoms with Gasteiger partial charge < -0.3 is 9.53 Å². The molecule has 0 aliphatic heterocycles. The summed E-state index contributed by atoms with van der Waals surface area (Å²) in [5.74, 6) is -0.0637. The lowest BCUT2D eigenvalue weighted by molar-refractivity contribution is -0.148. The lowest BCUT2D eigenvalue weighted by Gasteiger charge is -2.17. The lowest BCUT2D eigenvalue weighted by atomic mass is 9.89. The number of unbranched alkanes of at least 4 members (excludes halogenated alkanes) is 5. The van der Waals surface area contributed by atoms with Crippen molar-refractivity contribution in [1.82, 2.24) is 0 Å². The second-order valence-electron chi connectivity index (χ2n) is 7.23. The van der Waals surface area contributed by atoms with Crippen LogP contribution in [-0.4, -0.2) is 18.4 Å². The molecule has 0 saturated carbocycles. The number of ether oxygens (including phenoxy) is 1. The van der Waals surface area contributed by atoms with Gasteiger partial charge in [-0.1, -0.05) is 40.0 Å². The molecule has 0 N–H and O–H groups in total. The van der Waals surface area contributed by atoms with Gasteiger partial charge in [0.2, 0.25) is 0 Å². The summed E-state index contributed by atoms with van der Waals surface area (Å²) in [6.45, 7) is 8.70. The van der Waals surface area contributed by atoms with E-state index in [1.54, 1.807) is 0 Å². The Kier molecular flexibility index (Phi) is 11.3. The van der Waals surface area contributed by atoms with Crippen LogP contribution in [0.4, 0.5) is 0 Å². The van der Waals surface area contributed by atoms with Gasteiger partial charge in [0.15, 0.2) is 0 Å². The first-order valence-corrected chi connectivity index (χ1v) is 8.48. The maximum absolute atomic E-state index is 11.7. The van der Waals surface area contributed by atoms with E-state index >= 15 is 0 Å². The quantitative estimate of drug-likeness (QED) is 0.287. The van der Waals surface area contributed by atoms with Crippen molar-refractivity contribution in [3.63, 3.8) is 0 Å². The maximum Gasteiger partial charge on any atom is 0.306 e. The van der Waals surface area contributed by atoms with Gasteiger partial charge in [-0.15, -0.1) is 0 Å². The number of aldehydes is 1. The van der Waals surface area contributed by atoms with Crippen LogP contribution in [0.3, 0.4) is 0 Å². The van der Waals surface area contributed by atoms with E-state index in [9.17, 15) is 9.59 Å². The van der Waals surface area contributed by atoms with E-state index in [1.807, 2.05) is 6.92 Å². The molecule has 3 nitrogen and oxygen atoms in total. The van der Waals surface area contributed by atoms with Crippen LogP contribution in [0.1, 0.15) is 91.9 Å². The van der Waals surface area contributed by atoms with Gasteiger partial charge in [0.25, 0.3) is 0 Å². The average Bonchev–Trinajstić information content (AvgIpc) is 2.36. The molecule has 0 spiro atoms. The summed E-state index contributed by atoms with van der Waals surface area (Å²) in [7, 11) is 0.